The minimum Gasteiger partial charge on any atom is -0.347 e. The van der Waals surface area contributed by atoms with Gasteiger partial charge >= 0.3 is 0 Å². The maximum Gasteiger partial charge on any atom is 0.225 e. The Bertz CT molecular complexity index is 618. The number of carbonyl (C=O) groups excluding carboxylic acids is 1. The zero-order chi connectivity index (χ0) is 16.4. The summed E-state index contributed by atoms with van der Waals surface area (Å²) in [5, 5.41) is 2.07. The number of ether oxygens (including phenoxy) is 2. The molecule has 1 spiro atoms. The predicted octanol–water partition coefficient (Wildman–Crippen LogP) is 2.89. The SMILES string of the molecule is O=C(C[C@@H](c1cccs1)n1cccc1)N1CCC2(CC1)OCCO2. The molecular formula is C18H22N2O3S. The second kappa shape index (κ2) is 6.70. The van der Waals surface area contributed by atoms with Crippen LogP contribution in [0, 0.1) is 0 Å². The summed E-state index contributed by atoms with van der Waals surface area (Å²) in [6.07, 6.45) is 6.09. The van der Waals surface area contributed by atoms with Crippen LogP contribution in [0.5, 0.6) is 0 Å². The van der Waals surface area contributed by atoms with Crippen LogP contribution < -0.4 is 0 Å². The molecule has 0 unspecified atom stereocenters. The highest BCUT2D eigenvalue weighted by Crippen LogP contribution is 2.33. The quantitative estimate of drug-likeness (QED) is 0.855. The average molecular weight is 346 g/mol. The van der Waals surface area contributed by atoms with Crippen LogP contribution in [0.15, 0.2) is 42.0 Å². The van der Waals surface area contributed by atoms with E-state index in [1.54, 1.807) is 11.3 Å². The zero-order valence-electron chi connectivity index (χ0n) is 13.6. The standard InChI is InChI=1S/C18H22N2O3S/c21-17(20-9-5-18(6-10-20)22-11-12-23-18)14-15(16-4-3-13-24-16)19-7-1-2-8-19/h1-4,7-8,13,15H,5-6,9-12,14H2/t15-/m0/s1. The van der Waals surface area contributed by atoms with Crippen LogP contribution in [0.4, 0.5) is 0 Å². The first-order valence-electron chi connectivity index (χ1n) is 8.47. The fourth-order valence-corrected chi connectivity index (χ4v) is 4.40. The molecule has 1 atom stereocenters. The lowest BCUT2D eigenvalue weighted by molar-refractivity contribution is -0.187. The van der Waals surface area contributed by atoms with Crippen molar-refractivity contribution in [3.05, 3.63) is 46.9 Å². The molecule has 4 rings (SSSR count). The molecule has 2 fully saturated rings. The molecule has 1 amide bonds. The van der Waals surface area contributed by atoms with Gasteiger partial charge < -0.3 is 18.9 Å². The molecule has 24 heavy (non-hydrogen) atoms. The summed E-state index contributed by atoms with van der Waals surface area (Å²) in [5.74, 6) is -0.223. The van der Waals surface area contributed by atoms with Gasteiger partial charge in [-0.3, -0.25) is 4.79 Å². The normalized spacial score (nSPS) is 21.2. The summed E-state index contributed by atoms with van der Waals surface area (Å²) < 4.78 is 13.6. The van der Waals surface area contributed by atoms with E-state index in [1.165, 1.54) is 4.88 Å². The molecule has 2 aliphatic heterocycles. The van der Waals surface area contributed by atoms with Crippen molar-refractivity contribution in [3.8, 4) is 0 Å². The largest absolute Gasteiger partial charge is 0.347 e. The number of piperidine rings is 1. The Hall–Kier alpha value is -1.63. The third kappa shape index (κ3) is 3.14. The minimum atomic E-state index is -0.426. The molecule has 0 saturated carbocycles. The van der Waals surface area contributed by atoms with Crippen molar-refractivity contribution in [2.45, 2.75) is 31.1 Å². The Morgan fingerprint density at radius 3 is 2.50 bits per heavy atom. The van der Waals surface area contributed by atoms with E-state index in [1.807, 2.05) is 35.5 Å². The second-order valence-corrected chi connectivity index (χ2v) is 7.33. The lowest BCUT2D eigenvalue weighted by Gasteiger charge is -2.38. The lowest BCUT2D eigenvalue weighted by Crippen LogP contribution is -2.47. The second-order valence-electron chi connectivity index (χ2n) is 6.35. The number of aromatic nitrogens is 1. The highest BCUT2D eigenvalue weighted by Gasteiger charge is 2.41. The number of thiophene rings is 1. The average Bonchev–Trinajstić information content (AvgIpc) is 3.36. The fourth-order valence-electron chi connectivity index (χ4n) is 3.57. The maximum absolute atomic E-state index is 12.8. The van der Waals surface area contributed by atoms with Crippen molar-refractivity contribution in [1.82, 2.24) is 9.47 Å². The number of carbonyl (C=O) groups is 1. The number of hydrogen-bond donors (Lipinski definition) is 0. The maximum atomic E-state index is 12.8. The Labute approximate surface area is 145 Å². The first-order chi connectivity index (χ1) is 11.8. The van der Waals surface area contributed by atoms with Crippen LogP contribution in [0.1, 0.15) is 30.2 Å². The van der Waals surface area contributed by atoms with Gasteiger partial charge in [0.25, 0.3) is 0 Å². The molecule has 0 aromatic carbocycles. The van der Waals surface area contributed by atoms with Gasteiger partial charge in [-0.05, 0) is 23.6 Å². The van der Waals surface area contributed by atoms with Crippen molar-refractivity contribution in [1.29, 1.82) is 0 Å². The first kappa shape index (κ1) is 15.9. The van der Waals surface area contributed by atoms with Crippen LogP contribution >= 0.6 is 11.3 Å². The number of nitrogens with zero attached hydrogens (tertiary/aromatic N) is 2. The number of amides is 1. The molecule has 0 aliphatic carbocycles. The Balaban J connectivity index is 1.42. The summed E-state index contributed by atoms with van der Waals surface area (Å²) in [6.45, 7) is 2.76. The molecule has 4 heterocycles. The van der Waals surface area contributed by atoms with Crippen molar-refractivity contribution < 1.29 is 14.3 Å². The smallest absolute Gasteiger partial charge is 0.225 e. The molecule has 0 bridgehead atoms. The van der Waals surface area contributed by atoms with Crippen LogP contribution in [-0.2, 0) is 14.3 Å². The molecule has 2 aliphatic rings. The van der Waals surface area contributed by atoms with E-state index in [0.29, 0.717) is 32.7 Å². The number of likely N-dealkylation sites (tertiary alicyclic amines) is 1. The van der Waals surface area contributed by atoms with Crippen LogP contribution in [-0.4, -0.2) is 47.5 Å². The van der Waals surface area contributed by atoms with Gasteiger partial charge in [0.1, 0.15) is 0 Å². The van der Waals surface area contributed by atoms with Gasteiger partial charge in [-0.1, -0.05) is 6.07 Å². The monoisotopic (exact) mass is 346 g/mol. The van der Waals surface area contributed by atoms with E-state index in [9.17, 15) is 4.79 Å². The predicted molar refractivity (Wildman–Crippen MR) is 92.0 cm³/mol. The lowest BCUT2D eigenvalue weighted by atomic mass is 10.0. The highest BCUT2D eigenvalue weighted by atomic mass is 32.1. The third-order valence-electron chi connectivity index (χ3n) is 4.92. The van der Waals surface area contributed by atoms with E-state index >= 15 is 0 Å². The number of rotatable bonds is 4. The fraction of sp³-hybridized carbons (Fsp3) is 0.500. The van der Waals surface area contributed by atoms with E-state index < -0.39 is 5.79 Å². The van der Waals surface area contributed by atoms with Gasteiger partial charge in [0.05, 0.1) is 25.7 Å². The molecule has 2 aromatic heterocycles. The minimum absolute atomic E-state index is 0.0716. The summed E-state index contributed by atoms with van der Waals surface area (Å²) in [6, 6.07) is 8.23. The van der Waals surface area contributed by atoms with Crippen molar-refractivity contribution in [2.75, 3.05) is 26.3 Å². The summed E-state index contributed by atoms with van der Waals surface area (Å²) in [7, 11) is 0. The number of hydrogen-bond acceptors (Lipinski definition) is 4. The van der Waals surface area contributed by atoms with Gasteiger partial charge in [-0.25, -0.2) is 0 Å². The molecular weight excluding hydrogens is 324 g/mol. The van der Waals surface area contributed by atoms with Crippen molar-refractivity contribution >= 4 is 17.2 Å². The zero-order valence-corrected chi connectivity index (χ0v) is 14.4. The topological polar surface area (TPSA) is 43.7 Å². The Morgan fingerprint density at radius 1 is 1.17 bits per heavy atom. The molecule has 0 N–H and O–H groups in total. The third-order valence-corrected chi connectivity index (χ3v) is 5.89. The molecule has 2 aromatic rings. The molecule has 5 nitrogen and oxygen atoms in total. The van der Waals surface area contributed by atoms with Crippen molar-refractivity contribution in [2.24, 2.45) is 0 Å². The van der Waals surface area contributed by atoms with Crippen molar-refractivity contribution in [3.63, 3.8) is 0 Å². The van der Waals surface area contributed by atoms with E-state index in [0.717, 1.165) is 12.8 Å². The molecule has 6 heteroatoms. The van der Waals surface area contributed by atoms with Gasteiger partial charge in [0.15, 0.2) is 5.79 Å². The highest BCUT2D eigenvalue weighted by molar-refractivity contribution is 7.10. The first-order valence-corrected chi connectivity index (χ1v) is 9.35. The van der Waals surface area contributed by atoms with Gasteiger partial charge in [-0.15, -0.1) is 11.3 Å². The van der Waals surface area contributed by atoms with Gasteiger partial charge in [0.2, 0.25) is 5.91 Å². The molecule has 2 saturated heterocycles. The van der Waals surface area contributed by atoms with E-state index in [2.05, 4.69) is 16.0 Å². The van der Waals surface area contributed by atoms with E-state index in [4.69, 9.17) is 9.47 Å². The Kier molecular flexibility index (Phi) is 4.43. The van der Waals surface area contributed by atoms with Crippen LogP contribution in [0.2, 0.25) is 0 Å². The molecule has 0 radical (unpaired) electrons. The van der Waals surface area contributed by atoms with Gasteiger partial charge in [0, 0.05) is 43.2 Å². The summed E-state index contributed by atoms with van der Waals surface area (Å²) in [4.78, 5) is 16.0. The van der Waals surface area contributed by atoms with Crippen LogP contribution in [0.25, 0.3) is 0 Å². The van der Waals surface area contributed by atoms with E-state index in [-0.39, 0.29) is 11.9 Å². The summed E-state index contributed by atoms with van der Waals surface area (Å²) >= 11 is 1.70. The molecule has 128 valence electrons. The Morgan fingerprint density at radius 2 is 1.88 bits per heavy atom. The van der Waals surface area contributed by atoms with Gasteiger partial charge in [-0.2, -0.15) is 0 Å². The van der Waals surface area contributed by atoms with Crippen LogP contribution in [0.3, 0.4) is 0 Å². The summed E-state index contributed by atoms with van der Waals surface area (Å²) in [5.41, 5.74) is 0.